The van der Waals surface area contributed by atoms with Crippen LogP contribution in [0.5, 0.6) is 0 Å². The van der Waals surface area contributed by atoms with Crippen molar-refractivity contribution in [2.24, 2.45) is 0 Å². The van der Waals surface area contributed by atoms with E-state index in [1.165, 1.54) is 5.41 Å². The fraction of sp³-hybridized carbons (Fsp3) is 0.0667. The second-order valence-electron chi connectivity index (χ2n) is 4.07. The van der Waals surface area contributed by atoms with E-state index in [1.54, 1.807) is 24.3 Å². The van der Waals surface area contributed by atoms with Gasteiger partial charge in [-0.05, 0) is 36.3 Å². The van der Waals surface area contributed by atoms with E-state index in [1.807, 2.05) is 43.3 Å². The number of aryl methyl sites for hydroxylation is 1. The Morgan fingerprint density at radius 3 is 2.33 bits per heavy atom. The van der Waals surface area contributed by atoms with E-state index in [-0.39, 0.29) is 0 Å². The van der Waals surface area contributed by atoms with E-state index in [2.05, 4.69) is 0 Å². The van der Waals surface area contributed by atoms with Crippen LogP contribution in [0.2, 0.25) is 0 Å². The van der Waals surface area contributed by atoms with Gasteiger partial charge in [0.25, 0.3) is 0 Å². The highest BCUT2D eigenvalue weighted by molar-refractivity contribution is 7.94. The highest BCUT2D eigenvalue weighted by Gasteiger charge is 2.09. The third-order valence-corrected chi connectivity index (χ3v) is 3.96. The van der Waals surface area contributed by atoms with Crippen molar-refractivity contribution in [2.45, 2.75) is 11.8 Å². The molecule has 18 heavy (non-hydrogen) atoms. The quantitative estimate of drug-likeness (QED) is 0.845. The molecule has 2 nitrogen and oxygen atoms in total. The number of rotatable bonds is 3. The summed E-state index contributed by atoms with van der Waals surface area (Å²) in [6.45, 7) is 1.87. The molecule has 0 amide bonds. The van der Waals surface area contributed by atoms with E-state index in [0.29, 0.717) is 4.90 Å². The maximum atomic E-state index is 12.1. The van der Waals surface area contributed by atoms with Crippen molar-refractivity contribution >= 4 is 15.9 Å². The summed E-state index contributed by atoms with van der Waals surface area (Å²) in [6.07, 6.45) is 1.61. The fourth-order valence-corrected chi connectivity index (χ4v) is 2.72. The van der Waals surface area contributed by atoms with Gasteiger partial charge >= 0.3 is 0 Å². The molecule has 0 saturated carbocycles. The molecule has 0 aliphatic heterocycles. The van der Waals surface area contributed by atoms with E-state index < -0.39 is 9.84 Å². The minimum atomic E-state index is -3.36. The monoisotopic (exact) mass is 258 g/mol. The zero-order valence-corrected chi connectivity index (χ0v) is 10.9. The fourth-order valence-electron chi connectivity index (χ4n) is 1.60. The standard InChI is InChI=1S/C15H14O2S/c1-13-6-5-9-15(12-13)18(16,17)11-10-14-7-3-2-4-8-14/h2-12H,1H3/b11-10+. The molecule has 2 aromatic rings. The third kappa shape index (κ3) is 3.08. The van der Waals surface area contributed by atoms with Crippen LogP contribution in [0.3, 0.4) is 0 Å². The number of benzene rings is 2. The molecule has 0 N–H and O–H groups in total. The average molecular weight is 258 g/mol. The number of hydrogen-bond donors (Lipinski definition) is 0. The second-order valence-corrected chi connectivity index (χ2v) is 5.91. The summed E-state index contributed by atoms with van der Waals surface area (Å²) in [5.41, 5.74) is 1.80. The Balaban J connectivity index is 2.31. The summed E-state index contributed by atoms with van der Waals surface area (Å²) in [7, 11) is -3.36. The molecule has 0 unspecified atom stereocenters. The van der Waals surface area contributed by atoms with E-state index in [9.17, 15) is 8.42 Å². The lowest BCUT2D eigenvalue weighted by molar-refractivity contribution is 0.604. The van der Waals surface area contributed by atoms with Crippen molar-refractivity contribution < 1.29 is 8.42 Å². The van der Waals surface area contributed by atoms with Crippen LogP contribution in [-0.4, -0.2) is 8.42 Å². The Labute approximate surface area is 108 Å². The van der Waals surface area contributed by atoms with Crippen LogP contribution in [0.25, 0.3) is 6.08 Å². The molecule has 2 aromatic carbocycles. The average Bonchev–Trinajstić information content (AvgIpc) is 2.38. The molecule has 0 atom stereocenters. The lowest BCUT2D eigenvalue weighted by Gasteiger charge is -2.00. The molecule has 0 aromatic heterocycles. The molecular weight excluding hydrogens is 244 g/mol. The van der Waals surface area contributed by atoms with Gasteiger partial charge in [-0.2, -0.15) is 0 Å². The van der Waals surface area contributed by atoms with Gasteiger partial charge < -0.3 is 0 Å². The minimum Gasteiger partial charge on any atom is -0.219 e. The van der Waals surface area contributed by atoms with Crippen molar-refractivity contribution in [1.29, 1.82) is 0 Å². The Kier molecular flexibility index (Phi) is 3.63. The van der Waals surface area contributed by atoms with Crippen LogP contribution in [0.15, 0.2) is 64.9 Å². The van der Waals surface area contributed by atoms with Gasteiger partial charge in [0.05, 0.1) is 4.90 Å². The molecule has 0 aliphatic rings. The second kappa shape index (κ2) is 5.19. The van der Waals surface area contributed by atoms with Crippen LogP contribution in [0, 0.1) is 6.92 Å². The van der Waals surface area contributed by atoms with Gasteiger partial charge in [0, 0.05) is 5.41 Å². The molecule has 0 radical (unpaired) electrons. The topological polar surface area (TPSA) is 34.1 Å². The summed E-state index contributed by atoms with van der Waals surface area (Å²) in [5.74, 6) is 0. The lowest BCUT2D eigenvalue weighted by atomic mass is 10.2. The Morgan fingerprint density at radius 1 is 0.944 bits per heavy atom. The molecule has 0 heterocycles. The smallest absolute Gasteiger partial charge is 0.199 e. The number of sulfone groups is 1. The Morgan fingerprint density at radius 2 is 1.67 bits per heavy atom. The van der Waals surface area contributed by atoms with Gasteiger partial charge in [0.1, 0.15) is 0 Å². The molecule has 0 saturated heterocycles. The molecule has 2 rings (SSSR count). The van der Waals surface area contributed by atoms with Gasteiger partial charge in [-0.3, -0.25) is 0 Å². The largest absolute Gasteiger partial charge is 0.219 e. The van der Waals surface area contributed by atoms with Crippen molar-refractivity contribution in [3.8, 4) is 0 Å². The summed E-state index contributed by atoms with van der Waals surface area (Å²) in [4.78, 5) is 0.328. The van der Waals surface area contributed by atoms with Crippen molar-refractivity contribution in [1.82, 2.24) is 0 Å². The van der Waals surface area contributed by atoms with Crippen LogP contribution in [0.4, 0.5) is 0 Å². The Bertz CT molecular complexity index is 656. The van der Waals surface area contributed by atoms with E-state index in [0.717, 1.165) is 11.1 Å². The predicted octanol–water partition coefficient (Wildman–Crippen LogP) is 3.44. The van der Waals surface area contributed by atoms with Gasteiger partial charge in [-0.15, -0.1) is 0 Å². The van der Waals surface area contributed by atoms with Gasteiger partial charge in [-0.25, -0.2) is 8.42 Å². The minimum absolute atomic E-state index is 0.328. The summed E-state index contributed by atoms with van der Waals surface area (Å²) in [6, 6.07) is 16.3. The summed E-state index contributed by atoms with van der Waals surface area (Å²) in [5, 5.41) is 1.25. The SMILES string of the molecule is Cc1cccc(S(=O)(=O)/C=C/c2ccccc2)c1. The van der Waals surface area contributed by atoms with Crippen molar-refractivity contribution in [3.05, 3.63) is 71.1 Å². The van der Waals surface area contributed by atoms with Crippen molar-refractivity contribution in [2.75, 3.05) is 0 Å². The van der Waals surface area contributed by atoms with Crippen LogP contribution in [-0.2, 0) is 9.84 Å². The lowest BCUT2D eigenvalue weighted by Crippen LogP contribution is -1.96. The van der Waals surface area contributed by atoms with E-state index >= 15 is 0 Å². The van der Waals surface area contributed by atoms with Crippen LogP contribution >= 0.6 is 0 Å². The Hall–Kier alpha value is -1.87. The first-order chi connectivity index (χ1) is 8.58. The van der Waals surface area contributed by atoms with E-state index in [4.69, 9.17) is 0 Å². The zero-order valence-electron chi connectivity index (χ0n) is 10.1. The first-order valence-corrected chi connectivity index (χ1v) is 7.17. The summed E-state index contributed by atoms with van der Waals surface area (Å²) < 4.78 is 24.1. The first kappa shape index (κ1) is 12.6. The molecule has 0 aliphatic carbocycles. The van der Waals surface area contributed by atoms with Crippen LogP contribution < -0.4 is 0 Å². The normalized spacial score (nSPS) is 11.8. The van der Waals surface area contributed by atoms with Gasteiger partial charge in [0.2, 0.25) is 0 Å². The maximum Gasteiger partial charge on any atom is 0.199 e. The van der Waals surface area contributed by atoms with Crippen molar-refractivity contribution in [3.63, 3.8) is 0 Å². The first-order valence-electron chi connectivity index (χ1n) is 5.63. The molecule has 0 bridgehead atoms. The zero-order chi connectivity index (χ0) is 13.0. The predicted molar refractivity (Wildman–Crippen MR) is 73.8 cm³/mol. The summed E-state index contributed by atoms with van der Waals surface area (Å²) >= 11 is 0. The van der Waals surface area contributed by atoms with Gasteiger partial charge in [-0.1, -0.05) is 42.5 Å². The molecule has 0 spiro atoms. The number of hydrogen-bond acceptors (Lipinski definition) is 2. The maximum absolute atomic E-state index is 12.1. The molecule has 0 fully saturated rings. The highest BCUT2D eigenvalue weighted by atomic mass is 32.2. The van der Waals surface area contributed by atoms with Crippen LogP contribution in [0.1, 0.15) is 11.1 Å². The third-order valence-electron chi connectivity index (χ3n) is 2.56. The highest BCUT2D eigenvalue weighted by Crippen LogP contribution is 2.15. The van der Waals surface area contributed by atoms with Gasteiger partial charge in [0.15, 0.2) is 9.84 Å². The molecular formula is C15H14O2S. The molecule has 92 valence electrons. The molecule has 3 heteroatoms.